The monoisotopic (exact) mass is 534 g/mol. The van der Waals surface area contributed by atoms with Crippen LogP contribution < -0.4 is 0 Å². The molecule has 4 atom stereocenters. The molecule has 0 aromatic heterocycles. The Kier molecular flexibility index (Phi) is 16.5. The van der Waals surface area contributed by atoms with E-state index in [4.69, 9.17) is 18.8 Å². The molecule has 0 spiro atoms. The van der Waals surface area contributed by atoms with Crippen molar-refractivity contribution in [1.82, 2.24) is 0 Å². The Morgan fingerprint density at radius 1 is 0.944 bits per heavy atom. The second-order valence-corrected chi connectivity index (χ2v) is 11.9. The minimum Gasteiger partial charge on any atom is -0.465 e. The molecule has 1 rings (SSSR count). The third-order valence-electron chi connectivity index (χ3n) is 7.51. The molecule has 1 fully saturated rings. The summed E-state index contributed by atoms with van der Waals surface area (Å²) < 4.78 is 45.9. The quantitative estimate of drug-likeness (QED) is 0.126. The molecule has 0 aromatic rings. The molecular formula is C27H50O8S. The zero-order valence-corrected chi connectivity index (χ0v) is 23.7. The molecule has 0 radical (unpaired) electrons. The lowest BCUT2D eigenvalue weighted by Crippen LogP contribution is -2.30. The number of carbonyl (C=O) groups excluding carboxylic acids is 2. The van der Waals surface area contributed by atoms with Gasteiger partial charge in [-0.15, -0.1) is 0 Å². The number of rotatable bonds is 19. The van der Waals surface area contributed by atoms with Gasteiger partial charge in [0.25, 0.3) is 10.1 Å². The summed E-state index contributed by atoms with van der Waals surface area (Å²) >= 11 is 0. The van der Waals surface area contributed by atoms with Crippen LogP contribution in [-0.4, -0.2) is 50.7 Å². The lowest BCUT2D eigenvalue weighted by molar-refractivity contribution is -0.154. The van der Waals surface area contributed by atoms with Crippen LogP contribution in [0.25, 0.3) is 0 Å². The highest BCUT2D eigenvalue weighted by atomic mass is 32.2. The predicted octanol–water partition coefficient (Wildman–Crippen LogP) is 5.79. The van der Waals surface area contributed by atoms with Crippen molar-refractivity contribution in [2.24, 2.45) is 29.6 Å². The van der Waals surface area contributed by atoms with Crippen molar-refractivity contribution < 1.29 is 36.8 Å². The van der Waals surface area contributed by atoms with Gasteiger partial charge in [0.2, 0.25) is 0 Å². The Bertz CT molecular complexity index is 717. The molecule has 0 heterocycles. The molecule has 0 amide bonds. The smallest absolute Gasteiger partial charge is 0.308 e. The Morgan fingerprint density at radius 3 is 2.22 bits per heavy atom. The molecule has 0 bridgehead atoms. The maximum Gasteiger partial charge on any atom is 0.308 e. The highest BCUT2D eigenvalue weighted by Gasteiger charge is 2.32. The molecule has 1 saturated carbocycles. The molecule has 0 aromatic carbocycles. The van der Waals surface area contributed by atoms with Crippen molar-refractivity contribution in [1.29, 1.82) is 0 Å². The fourth-order valence-electron chi connectivity index (χ4n) is 5.20. The van der Waals surface area contributed by atoms with Crippen LogP contribution >= 0.6 is 0 Å². The maximum absolute atomic E-state index is 13.2. The summed E-state index contributed by atoms with van der Waals surface area (Å²) in [4.78, 5) is 25.8. The molecular weight excluding hydrogens is 484 g/mol. The summed E-state index contributed by atoms with van der Waals surface area (Å²) in [6.45, 7) is 8.38. The number of hydrogen-bond donors (Lipinski definition) is 1. The van der Waals surface area contributed by atoms with E-state index in [1.54, 1.807) is 6.92 Å². The van der Waals surface area contributed by atoms with E-state index >= 15 is 0 Å². The average Bonchev–Trinajstić information content (AvgIpc) is 2.85. The van der Waals surface area contributed by atoms with Crippen LogP contribution in [0.3, 0.4) is 0 Å². The molecule has 0 saturated heterocycles. The van der Waals surface area contributed by atoms with Gasteiger partial charge in [0.15, 0.2) is 5.94 Å². The lowest BCUT2D eigenvalue weighted by atomic mass is 9.74. The Hall–Kier alpha value is -1.19. The third-order valence-corrected chi connectivity index (χ3v) is 7.98. The SMILES string of the molecule is CCCCC(CC)COC(=O)C(CC(C)C(=O)OCCOCS(=O)(=O)O)CC(CC)C1CCCCC1. The minimum absolute atomic E-state index is 0.122. The minimum atomic E-state index is -4.22. The van der Waals surface area contributed by atoms with E-state index in [0.717, 1.165) is 38.5 Å². The van der Waals surface area contributed by atoms with Crippen LogP contribution in [-0.2, 0) is 33.9 Å². The van der Waals surface area contributed by atoms with Crippen molar-refractivity contribution in [2.75, 3.05) is 25.8 Å². The number of unbranched alkanes of at least 4 members (excludes halogenated alkanes) is 1. The van der Waals surface area contributed by atoms with E-state index in [0.29, 0.717) is 30.8 Å². The summed E-state index contributed by atoms with van der Waals surface area (Å²) in [5.74, 6) is -0.964. The van der Waals surface area contributed by atoms with Gasteiger partial charge in [-0.25, -0.2) is 0 Å². The van der Waals surface area contributed by atoms with Crippen molar-refractivity contribution in [3.63, 3.8) is 0 Å². The van der Waals surface area contributed by atoms with Crippen LogP contribution in [0, 0.1) is 29.6 Å². The summed E-state index contributed by atoms with van der Waals surface area (Å²) in [6.07, 6.45) is 12.5. The molecule has 8 nitrogen and oxygen atoms in total. The van der Waals surface area contributed by atoms with E-state index in [2.05, 4.69) is 20.8 Å². The first-order valence-electron chi connectivity index (χ1n) is 14.0. The van der Waals surface area contributed by atoms with Crippen LogP contribution in [0.2, 0.25) is 0 Å². The van der Waals surface area contributed by atoms with Crippen LogP contribution in [0.15, 0.2) is 0 Å². The number of hydrogen-bond acceptors (Lipinski definition) is 7. The third kappa shape index (κ3) is 13.9. The highest BCUT2D eigenvalue weighted by Crippen LogP contribution is 2.37. The van der Waals surface area contributed by atoms with E-state index in [-0.39, 0.29) is 25.1 Å². The van der Waals surface area contributed by atoms with E-state index in [1.165, 1.54) is 32.1 Å². The fourth-order valence-corrected chi connectivity index (χ4v) is 5.53. The molecule has 9 heteroatoms. The van der Waals surface area contributed by atoms with Gasteiger partial charge >= 0.3 is 11.9 Å². The maximum atomic E-state index is 13.2. The first-order valence-corrected chi connectivity index (χ1v) is 15.6. The first kappa shape index (κ1) is 32.8. The van der Waals surface area contributed by atoms with Crippen molar-refractivity contribution >= 4 is 22.1 Å². The molecule has 1 aliphatic rings. The van der Waals surface area contributed by atoms with Gasteiger partial charge in [-0.2, -0.15) is 8.42 Å². The van der Waals surface area contributed by atoms with Gasteiger partial charge < -0.3 is 14.2 Å². The standard InChI is InChI=1S/C27H50O8S/c1-5-8-12-22(6-2)19-35-27(29)25(18-23(7-3)24-13-10-9-11-14-24)17-21(4)26(28)34-16-15-33-20-36(30,31)32/h21-25H,5-20H2,1-4H3,(H,30,31,32). The molecule has 1 aliphatic carbocycles. The van der Waals surface area contributed by atoms with Gasteiger partial charge in [0.05, 0.1) is 25.0 Å². The van der Waals surface area contributed by atoms with Crippen LogP contribution in [0.5, 0.6) is 0 Å². The molecule has 0 aliphatic heterocycles. The summed E-state index contributed by atoms with van der Waals surface area (Å²) in [5.41, 5.74) is 0. The normalized spacial score (nSPS) is 18.2. The van der Waals surface area contributed by atoms with Crippen molar-refractivity contribution in [3.8, 4) is 0 Å². The second-order valence-electron chi connectivity index (χ2n) is 10.5. The Balaban J connectivity index is 2.74. The zero-order chi connectivity index (χ0) is 27.0. The summed E-state index contributed by atoms with van der Waals surface area (Å²) in [5, 5.41) is 0. The van der Waals surface area contributed by atoms with E-state index in [9.17, 15) is 18.0 Å². The second kappa shape index (κ2) is 18.1. The summed E-state index contributed by atoms with van der Waals surface area (Å²) in [6, 6.07) is 0. The van der Waals surface area contributed by atoms with Gasteiger partial charge in [-0.1, -0.05) is 85.5 Å². The molecule has 36 heavy (non-hydrogen) atoms. The fraction of sp³-hybridized carbons (Fsp3) is 0.926. The topological polar surface area (TPSA) is 116 Å². The first-order chi connectivity index (χ1) is 17.1. The number of ether oxygens (including phenoxy) is 3. The number of esters is 2. The molecule has 212 valence electrons. The van der Waals surface area contributed by atoms with Gasteiger partial charge in [-0.05, 0) is 37.0 Å². The van der Waals surface area contributed by atoms with Gasteiger partial charge in [0.1, 0.15) is 6.61 Å². The van der Waals surface area contributed by atoms with Gasteiger partial charge in [0, 0.05) is 0 Å². The van der Waals surface area contributed by atoms with Crippen molar-refractivity contribution in [3.05, 3.63) is 0 Å². The lowest BCUT2D eigenvalue weighted by Gasteiger charge is -2.32. The summed E-state index contributed by atoms with van der Waals surface area (Å²) in [7, 11) is -4.22. The van der Waals surface area contributed by atoms with Crippen LogP contribution in [0.4, 0.5) is 0 Å². The highest BCUT2D eigenvalue weighted by molar-refractivity contribution is 7.85. The Labute approximate surface area is 219 Å². The van der Waals surface area contributed by atoms with E-state index < -0.39 is 27.9 Å². The molecule has 4 unspecified atom stereocenters. The molecule has 1 N–H and O–H groups in total. The average molecular weight is 535 g/mol. The van der Waals surface area contributed by atoms with E-state index in [1.807, 2.05) is 0 Å². The Morgan fingerprint density at radius 2 is 1.64 bits per heavy atom. The largest absolute Gasteiger partial charge is 0.465 e. The number of carbonyl (C=O) groups is 2. The predicted molar refractivity (Wildman–Crippen MR) is 140 cm³/mol. The van der Waals surface area contributed by atoms with Crippen LogP contribution in [0.1, 0.15) is 105 Å². The van der Waals surface area contributed by atoms with Gasteiger partial charge in [-0.3, -0.25) is 14.1 Å². The van der Waals surface area contributed by atoms with Crippen molar-refractivity contribution in [2.45, 2.75) is 105 Å². The zero-order valence-electron chi connectivity index (χ0n) is 22.9.